The number of aliphatic carboxylic acids is 1. The quantitative estimate of drug-likeness (QED) is 0.649. The summed E-state index contributed by atoms with van der Waals surface area (Å²) in [4.78, 5) is 10.6. The highest BCUT2D eigenvalue weighted by molar-refractivity contribution is 5.73. The maximum atomic E-state index is 10.6. The Labute approximate surface area is 94.0 Å². The Bertz CT molecular complexity index is 401. The van der Waals surface area contributed by atoms with Crippen LogP contribution < -0.4 is 5.73 Å². The third-order valence-electron chi connectivity index (χ3n) is 2.31. The van der Waals surface area contributed by atoms with Crippen LogP contribution in [0.25, 0.3) is 0 Å². The monoisotopic (exact) mass is 221 g/mol. The number of carbonyl (C=O) groups is 1. The Kier molecular flexibility index (Phi) is 4.08. The summed E-state index contributed by atoms with van der Waals surface area (Å²) in [6, 6.07) is 3.90. The van der Waals surface area contributed by atoms with Gasteiger partial charge in [-0.05, 0) is 36.1 Å². The van der Waals surface area contributed by atoms with Gasteiger partial charge in [0.1, 0.15) is 11.8 Å². The first-order valence-corrected chi connectivity index (χ1v) is 4.94. The largest absolute Gasteiger partial charge is 0.508 e. The number of nitrogens with two attached hydrogens (primary N) is 1. The van der Waals surface area contributed by atoms with Gasteiger partial charge in [0, 0.05) is 0 Å². The van der Waals surface area contributed by atoms with Crippen molar-refractivity contribution in [2.24, 2.45) is 5.73 Å². The van der Waals surface area contributed by atoms with Gasteiger partial charge < -0.3 is 15.9 Å². The standard InChI is InChI=1S/C12H15NO3/c1-2-3-8-6-10(14)5-4-9(8)7-11(13)12(15)16/h2,4-6,11,14H,1,3,7,13H2,(H,15,16)/t11-/m0/s1. The van der Waals surface area contributed by atoms with Gasteiger partial charge in [-0.1, -0.05) is 12.1 Å². The highest BCUT2D eigenvalue weighted by Gasteiger charge is 2.14. The molecule has 0 amide bonds. The lowest BCUT2D eigenvalue weighted by molar-refractivity contribution is -0.138. The Morgan fingerprint density at radius 3 is 2.75 bits per heavy atom. The predicted molar refractivity (Wildman–Crippen MR) is 61.3 cm³/mol. The van der Waals surface area contributed by atoms with Crippen LogP contribution in [0, 0.1) is 0 Å². The Balaban J connectivity index is 2.93. The highest BCUT2D eigenvalue weighted by atomic mass is 16.4. The van der Waals surface area contributed by atoms with E-state index in [0.717, 1.165) is 11.1 Å². The second-order valence-electron chi connectivity index (χ2n) is 3.59. The fourth-order valence-corrected chi connectivity index (χ4v) is 1.48. The maximum absolute atomic E-state index is 10.6. The zero-order valence-electron chi connectivity index (χ0n) is 8.89. The molecule has 0 bridgehead atoms. The summed E-state index contributed by atoms with van der Waals surface area (Å²) in [5.41, 5.74) is 7.14. The van der Waals surface area contributed by atoms with E-state index in [9.17, 15) is 9.90 Å². The van der Waals surface area contributed by atoms with Crippen LogP contribution in [0.15, 0.2) is 30.9 Å². The average molecular weight is 221 g/mol. The number of allylic oxidation sites excluding steroid dienone is 1. The summed E-state index contributed by atoms with van der Waals surface area (Å²) < 4.78 is 0. The number of hydrogen-bond acceptors (Lipinski definition) is 3. The molecule has 0 unspecified atom stereocenters. The number of phenols is 1. The number of carboxylic acid groups (broad SMARTS) is 1. The molecule has 0 heterocycles. The number of phenolic OH excluding ortho intramolecular Hbond substituents is 1. The summed E-state index contributed by atoms with van der Waals surface area (Å²) in [5, 5.41) is 18.0. The van der Waals surface area contributed by atoms with Gasteiger partial charge in [0.05, 0.1) is 0 Å². The van der Waals surface area contributed by atoms with Crippen molar-refractivity contribution in [3.05, 3.63) is 42.0 Å². The second-order valence-corrected chi connectivity index (χ2v) is 3.59. The summed E-state index contributed by atoms with van der Waals surface area (Å²) in [6.07, 6.45) is 2.53. The molecule has 0 radical (unpaired) electrons. The Hall–Kier alpha value is -1.81. The van der Waals surface area contributed by atoms with Gasteiger partial charge in [0.15, 0.2) is 0 Å². The van der Waals surface area contributed by atoms with Gasteiger partial charge in [-0.3, -0.25) is 4.79 Å². The van der Waals surface area contributed by atoms with Gasteiger partial charge in [-0.2, -0.15) is 0 Å². The third kappa shape index (κ3) is 3.10. The van der Waals surface area contributed by atoms with Crippen molar-refractivity contribution < 1.29 is 15.0 Å². The molecular formula is C12H15NO3. The first-order valence-electron chi connectivity index (χ1n) is 4.94. The van der Waals surface area contributed by atoms with E-state index in [1.807, 2.05) is 0 Å². The molecule has 0 aliphatic carbocycles. The lowest BCUT2D eigenvalue weighted by Gasteiger charge is -2.11. The molecule has 1 aromatic rings. The summed E-state index contributed by atoms with van der Waals surface area (Å²) in [5.74, 6) is -0.873. The van der Waals surface area contributed by atoms with Crippen LogP contribution in [-0.4, -0.2) is 22.2 Å². The molecule has 1 aromatic carbocycles. The minimum Gasteiger partial charge on any atom is -0.508 e. The number of rotatable bonds is 5. The average Bonchev–Trinajstić information content (AvgIpc) is 2.22. The molecule has 0 saturated heterocycles. The number of benzene rings is 1. The van der Waals surface area contributed by atoms with Crippen LogP contribution in [-0.2, 0) is 17.6 Å². The molecule has 4 N–H and O–H groups in total. The zero-order valence-corrected chi connectivity index (χ0v) is 8.89. The van der Waals surface area contributed by atoms with Crippen LogP contribution in [0.5, 0.6) is 5.75 Å². The molecule has 4 nitrogen and oxygen atoms in total. The van der Waals surface area contributed by atoms with Gasteiger partial charge >= 0.3 is 5.97 Å². The van der Waals surface area contributed by atoms with E-state index < -0.39 is 12.0 Å². The molecule has 0 fully saturated rings. The molecule has 16 heavy (non-hydrogen) atoms. The first kappa shape index (κ1) is 12.3. The van der Waals surface area contributed by atoms with Crippen molar-refractivity contribution >= 4 is 5.97 Å². The topological polar surface area (TPSA) is 83.5 Å². The van der Waals surface area contributed by atoms with Gasteiger partial charge in [0.25, 0.3) is 0 Å². The van der Waals surface area contributed by atoms with Crippen LogP contribution >= 0.6 is 0 Å². The van der Waals surface area contributed by atoms with Gasteiger partial charge in [0.2, 0.25) is 0 Å². The molecule has 4 heteroatoms. The minimum atomic E-state index is -1.03. The van der Waals surface area contributed by atoms with Gasteiger partial charge in [-0.25, -0.2) is 0 Å². The van der Waals surface area contributed by atoms with E-state index in [2.05, 4.69) is 6.58 Å². The number of carboxylic acids is 1. The minimum absolute atomic E-state index is 0.157. The van der Waals surface area contributed by atoms with Crippen LogP contribution in [0.4, 0.5) is 0 Å². The van der Waals surface area contributed by atoms with Crippen molar-refractivity contribution in [1.29, 1.82) is 0 Å². The fraction of sp³-hybridized carbons (Fsp3) is 0.250. The zero-order chi connectivity index (χ0) is 12.1. The van der Waals surface area contributed by atoms with E-state index in [4.69, 9.17) is 10.8 Å². The molecule has 1 rings (SSSR count). The molecule has 0 aliphatic heterocycles. The summed E-state index contributed by atoms with van der Waals surface area (Å²) in [6.45, 7) is 3.61. The number of hydrogen-bond donors (Lipinski definition) is 3. The van der Waals surface area contributed by atoms with Crippen molar-refractivity contribution in [2.45, 2.75) is 18.9 Å². The molecule has 0 saturated carbocycles. The molecular weight excluding hydrogens is 206 g/mol. The lowest BCUT2D eigenvalue weighted by Crippen LogP contribution is -2.32. The molecule has 0 spiro atoms. The maximum Gasteiger partial charge on any atom is 0.320 e. The predicted octanol–water partition coefficient (Wildman–Crippen LogP) is 1.08. The first-order chi connectivity index (χ1) is 7.54. The number of aromatic hydroxyl groups is 1. The van der Waals surface area contributed by atoms with E-state index in [0.29, 0.717) is 6.42 Å². The van der Waals surface area contributed by atoms with Crippen molar-refractivity contribution in [3.63, 3.8) is 0 Å². The van der Waals surface area contributed by atoms with Crippen LogP contribution in [0.1, 0.15) is 11.1 Å². The SMILES string of the molecule is C=CCc1cc(O)ccc1C[C@H](N)C(=O)O. The van der Waals surface area contributed by atoms with Crippen molar-refractivity contribution in [2.75, 3.05) is 0 Å². The molecule has 0 aliphatic rings. The Morgan fingerprint density at radius 1 is 1.50 bits per heavy atom. The van der Waals surface area contributed by atoms with Crippen molar-refractivity contribution in [1.82, 2.24) is 0 Å². The normalized spacial score (nSPS) is 12.1. The van der Waals surface area contributed by atoms with Crippen molar-refractivity contribution in [3.8, 4) is 5.75 Å². The van der Waals surface area contributed by atoms with Crippen LogP contribution in [0.2, 0.25) is 0 Å². The van der Waals surface area contributed by atoms with E-state index in [-0.39, 0.29) is 12.2 Å². The molecule has 0 aromatic heterocycles. The lowest BCUT2D eigenvalue weighted by atomic mass is 9.98. The summed E-state index contributed by atoms with van der Waals surface area (Å²) >= 11 is 0. The molecule has 86 valence electrons. The van der Waals surface area contributed by atoms with E-state index in [1.54, 1.807) is 18.2 Å². The highest BCUT2D eigenvalue weighted by Crippen LogP contribution is 2.18. The van der Waals surface area contributed by atoms with Gasteiger partial charge in [-0.15, -0.1) is 6.58 Å². The van der Waals surface area contributed by atoms with Crippen LogP contribution in [0.3, 0.4) is 0 Å². The molecule has 1 atom stereocenters. The fourth-order valence-electron chi connectivity index (χ4n) is 1.48. The van der Waals surface area contributed by atoms with E-state index in [1.165, 1.54) is 6.07 Å². The summed E-state index contributed by atoms with van der Waals surface area (Å²) in [7, 11) is 0. The van der Waals surface area contributed by atoms with E-state index >= 15 is 0 Å². The third-order valence-corrected chi connectivity index (χ3v) is 2.31. The second kappa shape index (κ2) is 5.32. The smallest absolute Gasteiger partial charge is 0.320 e. The Morgan fingerprint density at radius 2 is 2.19 bits per heavy atom.